The first-order valence-corrected chi connectivity index (χ1v) is 11.1. The van der Waals surface area contributed by atoms with Crippen molar-refractivity contribution in [2.75, 3.05) is 31.2 Å². The van der Waals surface area contributed by atoms with Crippen LogP contribution in [0, 0.1) is 25.2 Å². The summed E-state index contributed by atoms with van der Waals surface area (Å²) in [7, 11) is 0. The number of amides is 1. The minimum Gasteiger partial charge on any atom is -0.378 e. The van der Waals surface area contributed by atoms with Gasteiger partial charge < -0.3 is 15.0 Å². The molecule has 2 aromatic carbocycles. The first-order chi connectivity index (χ1) is 15.4. The number of nitrogens with zero attached hydrogens (tertiary/aromatic N) is 3. The van der Waals surface area contributed by atoms with Crippen LogP contribution >= 0.6 is 12.2 Å². The van der Waals surface area contributed by atoms with Crippen LogP contribution in [0.5, 0.6) is 0 Å². The highest BCUT2D eigenvalue weighted by Crippen LogP contribution is 2.35. The zero-order valence-electron chi connectivity index (χ0n) is 18.5. The van der Waals surface area contributed by atoms with Crippen LogP contribution in [0.15, 0.2) is 53.7 Å². The van der Waals surface area contributed by atoms with Gasteiger partial charge in [-0.2, -0.15) is 5.26 Å². The molecule has 6 nitrogen and oxygen atoms in total. The second kappa shape index (κ2) is 9.11. The highest BCUT2D eigenvalue weighted by atomic mass is 32.1. The van der Waals surface area contributed by atoms with Gasteiger partial charge in [0, 0.05) is 24.5 Å². The minimum absolute atomic E-state index is 0.0398. The van der Waals surface area contributed by atoms with Crippen LogP contribution in [-0.2, 0) is 9.53 Å². The third-order valence-corrected chi connectivity index (χ3v) is 6.41. The van der Waals surface area contributed by atoms with Crippen LogP contribution in [-0.4, -0.2) is 42.2 Å². The van der Waals surface area contributed by atoms with Gasteiger partial charge in [0.15, 0.2) is 5.11 Å². The molecule has 2 aliphatic heterocycles. The van der Waals surface area contributed by atoms with Crippen LogP contribution in [0.1, 0.15) is 35.2 Å². The summed E-state index contributed by atoms with van der Waals surface area (Å²) in [5.41, 5.74) is 6.07. The van der Waals surface area contributed by atoms with Crippen molar-refractivity contribution in [2.24, 2.45) is 0 Å². The van der Waals surface area contributed by atoms with E-state index < -0.39 is 6.04 Å². The summed E-state index contributed by atoms with van der Waals surface area (Å²) in [6, 6.07) is 15.2. The van der Waals surface area contributed by atoms with E-state index in [9.17, 15) is 10.1 Å². The maximum absolute atomic E-state index is 13.7. The smallest absolute Gasteiger partial charge is 0.254 e. The second-order valence-electron chi connectivity index (χ2n) is 8.13. The van der Waals surface area contributed by atoms with Gasteiger partial charge in [0.25, 0.3) is 5.91 Å². The summed E-state index contributed by atoms with van der Waals surface area (Å²) < 4.78 is 5.44. The maximum Gasteiger partial charge on any atom is 0.254 e. The number of allylic oxidation sites excluding steroid dienone is 1. The second-order valence-corrected chi connectivity index (χ2v) is 8.51. The van der Waals surface area contributed by atoms with E-state index in [0.29, 0.717) is 42.6 Å². The molecule has 2 aliphatic rings. The Balaban J connectivity index is 1.84. The molecule has 1 N–H and O–H groups in total. The summed E-state index contributed by atoms with van der Waals surface area (Å²) in [4.78, 5) is 17.5. The van der Waals surface area contributed by atoms with Crippen molar-refractivity contribution in [1.82, 2.24) is 10.2 Å². The number of thiocarbonyl (C=S) groups is 1. The van der Waals surface area contributed by atoms with E-state index in [2.05, 4.69) is 37.4 Å². The molecule has 4 rings (SSSR count). The fraction of sp³-hybridized carbons (Fsp3) is 0.320. The normalized spacial score (nSPS) is 18.9. The van der Waals surface area contributed by atoms with Gasteiger partial charge in [0.2, 0.25) is 0 Å². The molecule has 1 amide bonds. The Morgan fingerprint density at radius 2 is 1.88 bits per heavy atom. The molecule has 0 bridgehead atoms. The number of anilines is 1. The van der Waals surface area contributed by atoms with E-state index in [4.69, 9.17) is 17.0 Å². The Bertz CT molecular complexity index is 1140. The number of carbonyl (C=O) groups excluding carboxylic acids is 1. The van der Waals surface area contributed by atoms with E-state index in [1.54, 1.807) is 6.07 Å². The number of rotatable bonds is 3. The summed E-state index contributed by atoms with van der Waals surface area (Å²) >= 11 is 5.77. The molecule has 1 saturated heterocycles. The number of hydrogen-bond acceptors (Lipinski definition) is 4. The lowest BCUT2D eigenvalue weighted by atomic mass is 9.92. The van der Waals surface area contributed by atoms with Crippen LogP contribution in [0.25, 0.3) is 0 Å². The van der Waals surface area contributed by atoms with Gasteiger partial charge in [-0.1, -0.05) is 18.2 Å². The molecular weight excluding hydrogens is 420 g/mol. The maximum atomic E-state index is 13.7. The topological polar surface area (TPSA) is 68.6 Å². The summed E-state index contributed by atoms with van der Waals surface area (Å²) in [5, 5.41) is 13.3. The van der Waals surface area contributed by atoms with Crippen LogP contribution < -0.4 is 10.2 Å². The molecule has 1 fully saturated rings. The Hall–Kier alpha value is -3.21. The third kappa shape index (κ3) is 4.12. The van der Waals surface area contributed by atoms with Crippen LogP contribution in [0.3, 0.4) is 0 Å². The molecule has 0 aliphatic carbocycles. The van der Waals surface area contributed by atoms with Crippen molar-refractivity contribution in [1.29, 1.82) is 5.26 Å². The summed E-state index contributed by atoms with van der Waals surface area (Å²) in [6.07, 6.45) is 0. The number of carbonyl (C=O) groups is 1. The van der Waals surface area contributed by atoms with E-state index >= 15 is 0 Å². The highest BCUT2D eigenvalue weighted by Gasteiger charge is 2.37. The number of morpholine rings is 1. The largest absolute Gasteiger partial charge is 0.378 e. The molecule has 0 radical (unpaired) electrons. The van der Waals surface area contributed by atoms with Gasteiger partial charge in [0.05, 0.1) is 36.5 Å². The number of nitriles is 1. The van der Waals surface area contributed by atoms with Crippen LogP contribution in [0.4, 0.5) is 5.69 Å². The number of ether oxygens (including phenoxy) is 1. The van der Waals surface area contributed by atoms with Crippen molar-refractivity contribution in [3.8, 4) is 6.07 Å². The quantitative estimate of drug-likeness (QED) is 0.725. The zero-order chi connectivity index (χ0) is 22.8. The van der Waals surface area contributed by atoms with Gasteiger partial charge >= 0.3 is 0 Å². The number of aryl methyl sites for hydroxylation is 2. The fourth-order valence-electron chi connectivity index (χ4n) is 4.17. The molecule has 1 unspecified atom stereocenters. The molecular formula is C25H26N4O2S. The van der Waals surface area contributed by atoms with E-state index in [0.717, 1.165) is 22.5 Å². The van der Waals surface area contributed by atoms with Gasteiger partial charge in [-0.25, -0.2) is 0 Å². The average molecular weight is 447 g/mol. The lowest BCUT2D eigenvalue weighted by molar-refractivity contribution is -0.131. The Morgan fingerprint density at radius 1 is 1.12 bits per heavy atom. The molecule has 0 spiro atoms. The first kappa shape index (κ1) is 22.0. The molecule has 1 atom stereocenters. The van der Waals surface area contributed by atoms with Crippen molar-refractivity contribution in [2.45, 2.75) is 26.8 Å². The minimum atomic E-state index is -0.436. The SMILES string of the molecule is CC1=C(C(=O)N2CCOCC2)C(c2cccc(C#N)c2)NC(=S)N1c1ccc(C)c(C)c1. The standard InChI is InChI=1S/C25H26N4O2S/c1-16-7-8-21(13-17(16)2)29-18(3)22(24(30)28-9-11-31-12-10-28)23(27-25(29)32)20-6-4-5-19(14-20)15-26/h4-8,13-14,23H,9-12H2,1-3H3,(H,27,32). The predicted octanol–water partition coefficient (Wildman–Crippen LogP) is 3.74. The van der Waals surface area contributed by atoms with E-state index in [1.165, 1.54) is 5.56 Å². The molecule has 164 valence electrons. The number of hydrogen-bond donors (Lipinski definition) is 1. The van der Waals surface area contributed by atoms with E-state index in [-0.39, 0.29) is 5.91 Å². The van der Waals surface area contributed by atoms with Crippen molar-refractivity contribution in [3.05, 3.63) is 76.0 Å². The highest BCUT2D eigenvalue weighted by molar-refractivity contribution is 7.80. The van der Waals surface area contributed by atoms with Gasteiger partial charge in [0.1, 0.15) is 0 Å². The molecule has 2 aromatic rings. The molecule has 7 heteroatoms. The third-order valence-electron chi connectivity index (χ3n) is 6.11. The monoisotopic (exact) mass is 446 g/mol. The lowest BCUT2D eigenvalue weighted by Crippen LogP contribution is -2.51. The average Bonchev–Trinajstić information content (AvgIpc) is 2.81. The summed E-state index contributed by atoms with van der Waals surface area (Å²) in [6.45, 7) is 8.23. The fourth-order valence-corrected chi connectivity index (χ4v) is 4.53. The van der Waals surface area contributed by atoms with E-state index in [1.807, 2.05) is 41.0 Å². The van der Waals surface area contributed by atoms with Gasteiger partial charge in [-0.05, 0) is 73.9 Å². The summed E-state index contributed by atoms with van der Waals surface area (Å²) in [5.74, 6) is -0.0398. The molecule has 0 aromatic heterocycles. The predicted molar refractivity (Wildman–Crippen MR) is 128 cm³/mol. The van der Waals surface area contributed by atoms with Crippen LogP contribution in [0.2, 0.25) is 0 Å². The van der Waals surface area contributed by atoms with Gasteiger partial charge in [-0.3, -0.25) is 9.69 Å². The van der Waals surface area contributed by atoms with Crippen molar-refractivity contribution in [3.63, 3.8) is 0 Å². The molecule has 2 heterocycles. The first-order valence-electron chi connectivity index (χ1n) is 10.7. The number of benzene rings is 2. The zero-order valence-corrected chi connectivity index (χ0v) is 19.3. The molecule has 0 saturated carbocycles. The van der Waals surface area contributed by atoms with Crippen molar-refractivity contribution >= 4 is 28.9 Å². The Morgan fingerprint density at radius 3 is 2.56 bits per heavy atom. The number of nitrogens with one attached hydrogen (secondary N) is 1. The Kier molecular flexibility index (Phi) is 6.26. The van der Waals surface area contributed by atoms with Gasteiger partial charge in [-0.15, -0.1) is 0 Å². The lowest BCUT2D eigenvalue weighted by Gasteiger charge is -2.40. The molecule has 32 heavy (non-hydrogen) atoms. The Labute approximate surface area is 194 Å². The van der Waals surface area contributed by atoms with Crippen molar-refractivity contribution < 1.29 is 9.53 Å².